The summed E-state index contributed by atoms with van der Waals surface area (Å²) in [4.78, 5) is 11.0. The number of carboxylic acids is 1. The SMILES string of the molecule is O=C(O)C1CCC2(CC34CCCCC3O4)OC2C1. The van der Waals surface area contributed by atoms with Crippen molar-refractivity contribution in [2.75, 3.05) is 0 Å². The number of aliphatic carboxylic acids is 1. The molecule has 5 atom stereocenters. The summed E-state index contributed by atoms with van der Waals surface area (Å²) < 4.78 is 11.8. The van der Waals surface area contributed by atoms with Gasteiger partial charge < -0.3 is 14.6 Å². The van der Waals surface area contributed by atoms with Crippen molar-refractivity contribution in [1.29, 1.82) is 0 Å². The smallest absolute Gasteiger partial charge is 0.306 e. The first-order valence-electron chi connectivity index (χ1n) is 7.22. The van der Waals surface area contributed by atoms with Gasteiger partial charge in [-0.1, -0.05) is 12.8 Å². The van der Waals surface area contributed by atoms with E-state index in [1.54, 1.807) is 0 Å². The van der Waals surface area contributed by atoms with Crippen molar-refractivity contribution in [3.63, 3.8) is 0 Å². The van der Waals surface area contributed by atoms with Gasteiger partial charge in [-0.2, -0.15) is 0 Å². The number of fused-ring (bicyclic) bond motifs is 2. The molecule has 5 unspecified atom stereocenters. The largest absolute Gasteiger partial charge is 0.481 e. The Balaban J connectivity index is 1.41. The van der Waals surface area contributed by atoms with Crippen LogP contribution in [0.4, 0.5) is 0 Å². The summed E-state index contributed by atoms with van der Waals surface area (Å²) in [5.74, 6) is -0.846. The highest BCUT2D eigenvalue weighted by Gasteiger charge is 2.68. The molecule has 0 aromatic carbocycles. The van der Waals surface area contributed by atoms with Crippen molar-refractivity contribution in [1.82, 2.24) is 0 Å². The number of epoxide rings is 2. The normalized spacial score (nSPS) is 53.2. The van der Waals surface area contributed by atoms with E-state index in [1.165, 1.54) is 25.7 Å². The van der Waals surface area contributed by atoms with Crippen LogP contribution < -0.4 is 0 Å². The summed E-state index contributed by atoms with van der Waals surface area (Å²) in [6.07, 6.45) is 9.02. The van der Waals surface area contributed by atoms with E-state index >= 15 is 0 Å². The fourth-order valence-electron chi connectivity index (χ4n) is 4.29. The second-order valence-corrected chi connectivity index (χ2v) is 6.57. The van der Waals surface area contributed by atoms with Gasteiger partial charge >= 0.3 is 5.97 Å². The maximum absolute atomic E-state index is 11.0. The van der Waals surface area contributed by atoms with Crippen molar-refractivity contribution in [2.24, 2.45) is 5.92 Å². The van der Waals surface area contributed by atoms with Crippen molar-refractivity contribution < 1.29 is 19.4 Å². The van der Waals surface area contributed by atoms with Gasteiger partial charge in [0.15, 0.2) is 0 Å². The van der Waals surface area contributed by atoms with Crippen LogP contribution in [-0.2, 0) is 14.3 Å². The molecule has 4 nitrogen and oxygen atoms in total. The lowest BCUT2D eigenvalue weighted by molar-refractivity contribution is -0.142. The van der Waals surface area contributed by atoms with Crippen molar-refractivity contribution in [3.05, 3.63) is 0 Å². The Morgan fingerprint density at radius 1 is 1.11 bits per heavy atom. The van der Waals surface area contributed by atoms with Crippen molar-refractivity contribution >= 4 is 5.97 Å². The topological polar surface area (TPSA) is 62.4 Å². The molecule has 0 aromatic heterocycles. The van der Waals surface area contributed by atoms with Gasteiger partial charge in [0.1, 0.15) is 0 Å². The Morgan fingerprint density at radius 2 is 1.89 bits per heavy atom. The van der Waals surface area contributed by atoms with Gasteiger partial charge in [-0.05, 0) is 32.1 Å². The molecule has 4 aliphatic rings. The third-order valence-electron chi connectivity index (χ3n) is 5.49. The van der Waals surface area contributed by atoms with Crippen molar-refractivity contribution in [3.8, 4) is 0 Å². The first kappa shape index (κ1) is 11.2. The lowest BCUT2D eigenvalue weighted by Gasteiger charge is -2.26. The van der Waals surface area contributed by atoms with Crippen LogP contribution in [0.25, 0.3) is 0 Å². The van der Waals surface area contributed by atoms with Crippen LogP contribution in [0.15, 0.2) is 0 Å². The molecular weight excluding hydrogens is 232 g/mol. The predicted molar refractivity (Wildman–Crippen MR) is 63.3 cm³/mol. The summed E-state index contributed by atoms with van der Waals surface area (Å²) >= 11 is 0. The second-order valence-electron chi connectivity index (χ2n) is 6.57. The highest BCUT2D eigenvalue weighted by atomic mass is 16.6. The molecule has 0 bridgehead atoms. The van der Waals surface area contributed by atoms with Crippen LogP contribution >= 0.6 is 0 Å². The molecule has 0 amide bonds. The number of hydrogen-bond acceptors (Lipinski definition) is 3. The minimum absolute atomic E-state index is 0.0158. The van der Waals surface area contributed by atoms with Crippen LogP contribution in [0, 0.1) is 5.92 Å². The van der Waals surface area contributed by atoms with Gasteiger partial charge in [0.2, 0.25) is 0 Å². The number of carboxylic acid groups (broad SMARTS) is 1. The molecule has 1 N–H and O–H groups in total. The number of ether oxygens (including phenoxy) is 2. The van der Waals surface area contributed by atoms with E-state index in [4.69, 9.17) is 14.6 Å². The minimum Gasteiger partial charge on any atom is -0.481 e. The molecule has 18 heavy (non-hydrogen) atoms. The lowest BCUT2D eigenvalue weighted by atomic mass is 9.74. The average Bonchev–Trinajstić information content (AvgIpc) is 3.20. The minimum atomic E-state index is -0.657. The molecular formula is C14H20O4. The number of rotatable bonds is 3. The standard InChI is InChI=1S/C14H20O4/c15-12(16)9-4-6-14(11(7-9)18-14)8-13-5-2-1-3-10(13)17-13/h9-11H,1-8H2,(H,15,16). The zero-order chi connectivity index (χ0) is 12.4. The van der Waals surface area contributed by atoms with Crippen LogP contribution in [-0.4, -0.2) is 34.5 Å². The molecule has 0 aromatic rings. The molecule has 2 heterocycles. The third kappa shape index (κ3) is 1.55. The Morgan fingerprint density at radius 3 is 2.61 bits per heavy atom. The lowest BCUT2D eigenvalue weighted by Crippen LogP contribution is -2.34. The molecule has 0 radical (unpaired) electrons. The van der Waals surface area contributed by atoms with E-state index in [2.05, 4.69) is 0 Å². The van der Waals surface area contributed by atoms with Gasteiger partial charge in [0.25, 0.3) is 0 Å². The van der Waals surface area contributed by atoms with E-state index in [9.17, 15) is 4.79 Å². The van der Waals surface area contributed by atoms with Gasteiger partial charge in [0, 0.05) is 6.42 Å². The zero-order valence-corrected chi connectivity index (χ0v) is 10.6. The fraction of sp³-hybridized carbons (Fsp3) is 0.929. The highest BCUT2D eigenvalue weighted by Crippen LogP contribution is 2.60. The first-order valence-corrected chi connectivity index (χ1v) is 7.22. The number of hydrogen-bond donors (Lipinski definition) is 1. The average molecular weight is 252 g/mol. The molecule has 0 spiro atoms. The molecule has 4 rings (SSSR count). The maximum atomic E-state index is 11.0. The summed E-state index contributed by atoms with van der Waals surface area (Å²) in [5, 5.41) is 9.06. The maximum Gasteiger partial charge on any atom is 0.306 e. The summed E-state index contributed by atoms with van der Waals surface area (Å²) in [5.41, 5.74) is 0.0983. The van der Waals surface area contributed by atoms with E-state index in [-0.39, 0.29) is 23.2 Å². The van der Waals surface area contributed by atoms with Crippen LogP contribution in [0.3, 0.4) is 0 Å². The van der Waals surface area contributed by atoms with Crippen LogP contribution in [0.2, 0.25) is 0 Å². The first-order chi connectivity index (χ1) is 8.64. The quantitative estimate of drug-likeness (QED) is 0.781. The Bertz CT molecular complexity index is 395. The molecule has 100 valence electrons. The molecule has 2 saturated carbocycles. The summed E-state index contributed by atoms with van der Waals surface area (Å²) in [6, 6.07) is 0. The second kappa shape index (κ2) is 3.48. The highest BCUT2D eigenvalue weighted by molar-refractivity contribution is 5.70. The van der Waals surface area contributed by atoms with Gasteiger partial charge in [-0.3, -0.25) is 4.79 Å². The molecule has 2 saturated heterocycles. The monoisotopic (exact) mass is 252 g/mol. The van der Waals surface area contributed by atoms with Gasteiger partial charge in [-0.25, -0.2) is 0 Å². The third-order valence-corrected chi connectivity index (χ3v) is 5.49. The van der Waals surface area contributed by atoms with E-state index in [0.29, 0.717) is 12.5 Å². The van der Waals surface area contributed by atoms with Gasteiger partial charge in [-0.15, -0.1) is 0 Å². The summed E-state index contributed by atoms with van der Waals surface area (Å²) in [7, 11) is 0. The zero-order valence-electron chi connectivity index (χ0n) is 10.6. The van der Waals surface area contributed by atoms with E-state index < -0.39 is 5.97 Å². The van der Waals surface area contributed by atoms with E-state index in [0.717, 1.165) is 19.3 Å². The van der Waals surface area contributed by atoms with Crippen LogP contribution in [0.1, 0.15) is 51.4 Å². The molecule has 4 heteroatoms. The van der Waals surface area contributed by atoms with E-state index in [1.807, 2.05) is 0 Å². The molecule has 2 aliphatic carbocycles. The van der Waals surface area contributed by atoms with Crippen molar-refractivity contribution in [2.45, 2.75) is 74.8 Å². The molecule has 4 fully saturated rings. The number of carbonyl (C=O) groups is 1. The Hall–Kier alpha value is -0.610. The Kier molecular flexibility index (Phi) is 2.17. The molecule has 2 aliphatic heterocycles. The summed E-state index contributed by atoms with van der Waals surface area (Å²) in [6.45, 7) is 0. The Labute approximate surface area is 107 Å². The fourth-order valence-corrected chi connectivity index (χ4v) is 4.29. The van der Waals surface area contributed by atoms with Gasteiger partial charge in [0.05, 0.1) is 29.3 Å². The predicted octanol–water partition coefficient (Wildman–Crippen LogP) is 2.11. The van der Waals surface area contributed by atoms with Crippen LogP contribution in [0.5, 0.6) is 0 Å².